The first-order valence-corrected chi connectivity index (χ1v) is 6.10. The minimum absolute atomic E-state index is 0.429. The van der Waals surface area contributed by atoms with Crippen LogP contribution in [0.3, 0.4) is 0 Å². The second kappa shape index (κ2) is 4.73. The minimum atomic E-state index is -4.36. The molecule has 0 bridgehead atoms. The number of benzene rings is 1. The summed E-state index contributed by atoms with van der Waals surface area (Å²) in [5.74, 6) is 0. The van der Waals surface area contributed by atoms with E-state index in [2.05, 4.69) is 4.98 Å². The molecule has 0 N–H and O–H groups in total. The number of aromatic nitrogens is 2. The first kappa shape index (κ1) is 13.4. The molecule has 21 heavy (non-hydrogen) atoms. The van der Waals surface area contributed by atoms with Gasteiger partial charge < -0.3 is 0 Å². The lowest BCUT2D eigenvalue weighted by Gasteiger charge is -2.06. The number of aldehydes is 1. The maximum absolute atomic E-state index is 12.5. The van der Waals surface area contributed by atoms with Gasteiger partial charge in [0.15, 0.2) is 6.29 Å². The standard InChI is InChI=1S/C15H9F3N2O/c16-15(17,18)11-6-4-10(5-7-11)13-8-20-12(9-21)2-1-3-14(20)19-13/h1-9H. The molecule has 3 rings (SSSR count). The third-order valence-electron chi connectivity index (χ3n) is 3.15. The van der Waals surface area contributed by atoms with Gasteiger partial charge in [-0.05, 0) is 24.3 Å². The van der Waals surface area contributed by atoms with Crippen LogP contribution in [0.2, 0.25) is 0 Å². The molecular weight excluding hydrogens is 281 g/mol. The van der Waals surface area contributed by atoms with Gasteiger partial charge in [0.05, 0.1) is 17.0 Å². The molecule has 2 aromatic heterocycles. The molecule has 0 amide bonds. The summed E-state index contributed by atoms with van der Waals surface area (Å²) in [6.45, 7) is 0. The van der Waals surface area contributed by atoms with E-state index in [4.69, 9.17) is 0 Å². The summed E-state index contributed by atoms with van der Waals surface area (Å²) in [5, 5.41) is 0. The summed E-state index contributed by atoms with van der Waals surface area (Å²) in [6, 6.07) is 9.82. The van der Waals surface area contributed by atoms with Crippen molar-refractivity contribution in [2.24, 2.45) is 0 Å². The van der Waals surface area contributed by atoms with Gasteiger partial charge in [0.1, 0.15) is 5.65 Å². The average Bonchev–Trinajstić information content (AvgIpc) is 2.90. The highest BCUT2D eigenvalue weighted by Gasteiger charge is 2.30. The minimum Gasteiger partial charge on any atom is -0.296 e. The average molecular weight is 290 g/mol. The Bertz CT molecular complexity index is 804. The van der Waals surface area contributed by atoms with Crippen LogP contribution >= 0.6 is 0 Å². The van der Waals surface area contributed by atoms with Crippen molar-refractivity contribution >= 4 is 11.9 Å². The fraction of sp³-hybridized carbons (Fsp3) is 0.0667. The summed E-state index contributed by atoms with van der Waals surface area (Å²) >= 11 is 0. The van der Waals surface area contributed by atoms with Crippen LogP contribution in [-0.2, 0) is 6.18 Å². The Hall–Kier alpha value is -2.63. The highest BCUT2D eigenvalue weighted by atomic mass is 19.4. The Labute approximate surface area is 117 Å². The largest absolute Gasteiger partial charge is 0.416 e. The summed E-state index contributed by atoms with van der Waals surface area (Å²) in [7, 11) is 0. The molecule has 1 aromatic carbocycles. The molecule has 0 atom stereocenters. The SMILES string of the molecule is O=Cc1cccc2nc(-c3ccc(C(F)(F)F)cc3)cn12. The van der Waals surface area contributed by atoms with E-state index in [0.717, 1.165) is 12.1 Å². The number of rotatable bonds is 2. The van der Waals surface area contributed by atoms with Gasteiger partial charge in [0, 0.05) is 11.8 Å². The number of hydrogen-bond acceptors (Lipinski definition) is 2. The molecule has 0 aliphatic heterocycles. The van der Waals surface area contributed by atoms with Crippen LogP contribution in [0.1, 0.15) is 16.1 Å². The van der Waals surface area contributed by atoms with E-state index >= 15 is 0 Å². The Morgan fingerprint density at radius 1 is 1.05 bits per heavy atom. The fourth-order valence-electron chi connectivity index (χ4n) is 2.10. The summed E-state index contributed by atoms with van der Waals surface area (Å²) in [6.07, 6.45) is -2.03. The van der Waals surface area contributed by atoms with Crippen molar-refractivity contribution < 1.29 is 18.0 Å². The summed E-state index contributed by atoms with van der Waals surface area (Å²) in [5.41, 5.74) is 1.36. The van der Waals surface area contributed by atoms with Gasteiger partial charge in [-0.2, -0.15) is 13.2 Å². The second-order valence-electron chi connectivity index (χ2n) is 4.50. The van der Waals surface area contributed by atoms with E-state index in [9.17, 15) is 18.0 Å². The number of pyridine rings is 1. The zero-order valence-electron chi connectivity index (χ0n) is 10.6. The smallest absolute Gasteiger partial charge is 0.296 e. The molecule has 3 nitrogen and oxygen atoms in total. The molecule has 3 aromatic rings. The van der Waals surface area contributed by atoms with E-state index in [1.54, 1.807) is 28.8 Å². The van der Waals surface area contributed by atoms with Gasteiger partial charge >= 0.3 is 6.18 Å². The topological polar surface area (TPSA) is 34.4 Å². The maximum Gasteiger partial charge on any atom is 0.416 e. The zero-order valence-corrected chi connectivity index (χ0v) is 10.6. The highest BCUT2D eigenvalue weighted by molar-refractivity contribution is 5.75. The van der Waals surface area contributed by atoms with E-state index in [1.807, 2.05) is 0 Å². The lowest BCUT2D eigenvalue weighted by molar-refractivity contribution is -0.137. The number of nitrogens with zero attached hydrogens (tertiary/aromatic N) is 2. The molecule has 6 heteroatoms. The number of hydrogen-bond donors (Lipinski definition) is 0. The molecule has 0 spiro atoms. The maximum atomic E-state index is 12.5. The molecule has 0 saturated carbocycles. The number of fused-ring (bicyclic) bond motifs is 1. The van der Waals surface area contributed by atoms with Crippen molar-refractivity contribution in [3.63, 3.8) is 0 Å². The van der Waals surface area contributed by atoms with Crippen molar-refractivity contribution in [1.29, 1.82) is 0 Å². The normalized spacial score (nSPS) is 11.8. The molecule has 2 heterocycles. The predicted molar refractivity (Wildman–Crippen MR) is 71.0 cm³/mol. The van der Waals surface area contributed by atoms with Gasteiger partial charge in [0.25, 0.3) is 0 Å². The second-order valence-corrected chi connectivity index (χ2v) is 4.50. The monoisotopic (exact) mass is 290 g/mol. The lowest BCUT2D eigenvalue weighted by Crippen LogP contribution is -2.03. The van der Waals surface area contributed by atoms with Gasteiger partial charge in [-0.15, -0.1) is 0 Å². The van der Waals surface area contributed by atoms with E-state index in [1.165, 1.54) is 12.1 Å². The van der Waals surface area contributed by atoms with Crippen molar-refractivity contribution in [3.05, 3.63) is 59.9 Å². The number of carbonyl (C=O) groups is 1. The van der Waals surface area contributed by atoms with Crippen molar-refractivity contribution in [1.82, 2.24) is 9.38 Å². The summed E-state index contributed by atoms with van der Waals surface area (Å²) < 4.78 is 39.2. The third kappa shape index (κ3) is 2.40. The van der Waals surface area contributed by atoms with Crippen LogP contribution in [0.25, 0.3) is 16.9 Å². The summed E-state index contributed by atoms with van der Waals surface area (Å²) in [4.78, 5) is 15.3. The Balaban J connectivity index is 2.06. The van der Waals surface area contributed by atoms with Gasteiger partial charge in [-0.3, -0.25) is 9.20 Å². The highest BCUT2D eigenvalue weighted by Crippen LogP contribution is 2.30. The van der Waals surface area contributed by atoms with Crippen LogP contribution in [0, 0.1) is 0 Å². The zero-order chi connectivity index (χ0) is 15.0. The molecule has 0 fully saturated rings. The van der Waals surface area contributed by atoms with Crippen LogP contribution in [0.4, 0.5) is 13.2 Å². The number of imidazole rings is 1. The number of halogens is 3. The van der Waals surface area contributed by atoms with Crippen LogP contribution in [-0.4, -0.2) is 15.7 Å². The van der Waals surface area contributed by atoms with E-state index < -0.39 is 11.7 Å². The Morgan fingerprint density at radius 2 is 1.76 bits per heavy atom. The predicted octanol–water partition coefficient (Wildman–Crippen LogP) is 3.83. The van der Waals surface area contributed by atoms with Gasteiger partial charge in [-0.1, -0.05) is 18.2 Å². The Kier molecular flexibility index (Phi) is 3.01. The molecule has 106 valence electrons. The van der Waals surface area contributed by atoms with E-state index in [0.29, 0.717) is 28.9 Å². The molecule has 0 radical (unpaired) electrons. The van der Waals surface area contributed by atoms with Gasteiger partial charge in [-0.25, -0.2) is 4.98 Å². The van der Waals surface area contributed by atoms with Crippen LogP contribution < -0.4 is 0 Å². The molecular formula is C15H9F3N2O. The third-order valence-corrected chi connectivity index (χ3v) is 3.15. The number of carbonyl (C=O) groups excluding carboxylic acids is 1. The molecule has 0 saturated heterocycles. The Morgan fingerprint density at radius 3 is 2.38 bits per heavy atom. The van der Waals surface area contributed by atoms with Gasteiger partial charge in [0.2, 0.25) is 0 Å². The fourth-order valence-corrected chi connectivity index (χ4v) is 2.10. The van der Waals surface area contributed by atoms with Crippen molar-refractivity contribution in [2.45, 2.75) is 6.18 Å². The molecule has 0 unspecified atom stereocenters. The lowest BCUT2D eigenvalue weighted by atomic mass is 10.1. The van der Waals surface area contributed by atoms with Crippen LogP contribution in [0.5, 0.6) is 0 Å². The van der Waals surface area contributed by atoms with Crippen molar-refractivity contribution in [3.8, 4) is 11.3 Å². The van der Waals surface area contributed by atoms with Crippen molar-refractivity contribution in [2.75, 3.05) is 0 Å². The quantitative estimate of drug-likeness (QED) is 0.672. The first-order valence-electron chi connectivity index (χ1n) is 6.10. The number of alkyl halides is 3. The first-order chi connectivity index (χ1) is 9.99. The molecule has 0 aliphatic carbocycles. The van der Waals surface area contributed by atoms with Crippen LogP contribution in [0.15, 0.2) is 48.7 Å². The van der Waals surface area contributed by atoms with E-state index in [-0.39, 0.29) is 0 Å². The molecule has 0 aliphatic rings.